The van der Waals surface area contributed by atoms with Crippen LogP contribution in [-0.2, 0) is 4.79 Å². The van der Waals surface area contributed by atoms with Crippen LogP contribution in [0.2, 0.25) is 5.02 Å². The topological polar surface area (TPSA) is 79.5 Å². The monoisotopic (exact) mass is 464 g/mol. The second-order valence-electron chi connectivity index (χ2n) is 5.96. The predicted octanol–water partition coefficient (Wildman–Crippen LogP) is 3.83. The van der Waals surface area contributed by atoms with E-state index in [1.807, 2.05) is 19.1 Å². The van der Waals surface area contributed by atoms with Gasteiger partial charge < -0.3 is 16.4 Å². The maximum atomic E-state index is 12.0. The molecule has 0 saturated heterocycles. The number of rotatable bonds is 5. The third kappa shape index (κ3) is 6.84. The van der Waals surface area contributed by atoms with Gasteiger partial charge in [-0.05, 0) is 37.5 Å². The largest absolute Gasteiger partial charge is 0.370 e. The molecule has 134 valence electrons. The Hall–Kier alpha value is -1.02. The van der Waals surface area contributed by atoms with E-state index in [1.54, 1.807) is 6.07 Å². The second kappa shape index (κ2) is 10.8. The van der Waals surface area contributed by atoms with E-state index in [-0.39, 0.29) is 29.9 Å². The summed E-state index contributed by atoms with van der Waals surface area (Å²) in [6, 6.07) is 5.88. The Labute approximate surface area is 165 Å². The lowest BCUT2D eigenvalue weighted by Crippen LogP contribution is -2.41. The molecule has 0 spiro atoms. The Balaban J connectivity index is 0.00000288. The number of amides is 1. The van der Waals surface area contributed by atoms with Crippen molar-refractivity contribution in [3.8, 4) is 0 Å². The molecule has 0 unspecified atom stereocenters. The first kappa shape index (κ1) is 21.0. The zero-order chi connectivity index (χ0) is 16.7. The van der Waals surface area contributed by atoms with Crippen LogP contribution in [0.15, 0.2) is 23.2 Å². The Morgan fingerprint density at radius 3 is 2.75 bits per heavy atom. The molecule has 5 nitrogen and oxygen atoms in total. The summed E-state index contributed by atoms with van der Waals surface area (Å²) in [6.07, 6.45) is 6.37. The lowest BCUT2D eigenvalue weighted by molar-refractivity contribution is -0.116. The molecular formula is C17H26ClIN4O. The lowest BCUT2D eigenvalue weighted by Gasteiger charge is -2.23. The smallest absolute Gasteiger partial charge is 0.226 e. The fourth-order valence-corrected chi connectivity index (χ4v) is 2.91. The van der Waals surface area contributed by atoms with E-state index in [4.69, 9.17) is 17.3 Å². The van der Waals surface area contributed by atoms with Crippen molar-refractivity contribution in [1.29, 1.82) is 0 Å². The second-order valence-corrected chi connectivity index (χ2v) is 6.36. The van der Waals surface area contributed by atoms with Gasteiger partial charge in [-0.3, -0.25) is 9.79 Å². The first-order valence-corrected chi connectivity index (χ1v) is 8.55. The van der Waals surface area contributed by atoms with Crippen molar-refractivity contribution >= 4 is 53.1 Å². The summed E-state index contributed by atoms with van der Waals surface area (Å²) in [6.45, 7) is 2.25. The van der Waals surface area contributed by atoms with Gasteiger partial charge in [0.15, 0.2) is 5.96 Å². The van der Waals surface area contributed by atoms with E-state index in [0.717, 1.165) is 24.1 Å². The van der Waals surface area contributed by atoms with Gasteiger partial charge in [-0.15, -0.1) is 24.0 Å². The zero-order valence-electron chi connectivity index (χ0n) is 14.0. The first-order chi connectivity index (χ1) is 11.1. The molecule has 4 N–H and O–H groups in total. The van der Waals surface area contributed by atoms with Crippen LogP contribution in [0.5, 0.6) is 0 Å². The van der Waals surface area contributed by atoms with Crippen molar-refractivity contribution in [2.75, 3.05) is 11.9 Å². The van der Waals surface area contributed by atoms with E-state index >= 15 is 0 Å². The molecule has 0 radical (unpaired) electrons. The Morgan fingerprint density at radius 1 is 1.33 bits per heavy atom. The number of hydrogen-bond donors (Lipinski definition) is 3. The number of carbonyl (C=O) groups excluding carboxylic acids is 1. The van der Waals surface area contributed by atoms with Crippen molar-refractivity contribution in [1.82, 2.24) is 5.32 Å². The van der Waals surface area contributed by atoms with Crippen LogP contribution in [0, 0.1) is 6.92 Å². The highest BCUT2D eigenvalue weighted by molar-refractivity contribution is 14.0. The molecule has 7 heteroatoms. The molecule has 1 aliphatic rings. The molecule has 1 amide bonds. The summed E-state index contributed by atoms with van der Waals surface area (Å²) >= 11 is 6.04. The molecule has 0 bridgehead atoms. The van der Waals surface area contributed by atoms with Crippen LogP contribution >= 0.6 is 35.6 Å². The predicted molar refractivity (Wildman–Crippen MR) is 111 cm³/mol. The number of hydrogen-bond acceptors (Lipinski definition) is 2. The van der Waals surface area contributed by atoms with Gasteiger partial charge >= 0.3 is 0 Å². The van der Waals surface area contributed by atoms with Gasteiger partial charge in [0, 0.05) is 23.2 Å². The molecule has 2 rings (SSSR count). The molecule has 24 heavy (non-hydrogen) atoms. The van der Waals surface area contributed by atoms with E-state index in [9.17, 15) is 4.79 Å². The summed E-state index contributed by atoms with van der Waals surface area (Å²) in [7, 11) is 0. The molecule has 0 aromatic heterocycles. The SMILES string of the molecule is Cc1c(Cl)cccc1NC(=O)CCN=C(N)NC1CCCCC1.I. The van der Waals surface area contributed by atoms with Crippen molar-refractivity contribution in [2.24, 2.45) is 10.7 Å². The van der Waals surface area contributed by atoms with Crippen LogP contribution in [0.1, 0.15) is 44.1 Å². The maximum Gasteiger partial charge on any atom is 0.226 e. The number of guanidine groups is 1. The Bertz CT molecular complexity index is 574. The average molecular weight is 465 g/mol. The van der Waals surface area contributed by atoms with Crippen LogP contribution < -0.4 is 16.4 Å². The van der Waals surface area contributed by atoms with Gasteiger partial charge in [0.1, 0.15) is 0 Å². The molecule has 1 saturated carbocycles. The molecular weight excluding hydrogens is 439 g/mol. The number of carbonyl (C=O) groups is 1. The third-order valence-electron chi connectivity index (χ3n) is 4.12. The van der Waals surface area contributed by atoms with E-state index in [0.29, 0.717) is 30.0 Å². The number of anilines is 1. The van der Waals surface area contributed by atoms with Crippen LogP contribution in [0.25, 0.3) is 0 Å². The van der Waals surface area contributed by atoms with Crippen molar-refractivity contribution in [3.63, 3.8) is 0 Å². The Morgan fingerprint density at radius 2 is 2.04 bits per heavy atom. The minimum absolute atomic E-state index is 0. The van der Waals surface area contributed by atoms with Crippen LogP contribution in [0.3, 0.4) is 0 Å². The van der Waals surface area contributed by atoms with Gasteiger partial charge in [0.05, 0.1) is 6.54 Å². The molecule has 0 atom stereocenters. The molecule has 1 fully saturated rings. The standard InChI is InChI=1S/C17H25ClN4O.HI/c1-12-14(18)8-5-9-15(12)22-16(23)10-11-20-17(19)21-13-6-3-2-4-7-13;/h5,8-9,13H,2-4,6-7,10-11H2,1H3,(H,22,23)(H3,19,20,21);1H. The fourth-order valence-electron chi connectivity index (χ4n) is 2.74. The lowest BCUT2D eigenvalue weighted by atomic mass is 9.96. The molecule has 1 aliphatic carbocycles. The van der Waals surface area contributed by atoms with E-state index < -0.39 is 0 Å². The quantitative estimate of drug-likeness (QED) is 0.352. The first-order valence-electron chi connectivity index (χ1n) is 8.17. The van der Waals surface area contributed by atoms with Gasteiger partial charge in [0.2, 0.25) is 5.91 Å². The number of nitrogens with two attached hydrogens (primary N) is 1. The van der Waals surface area contributed by atoms with Crippen LogP contribution in [-0.4, -0.2) is 24.5 Å². The van der Waals surface area contributed by atoms with Gasteiger partial charge in [-0.25, -0.2) is 0 Å². The number of halogens is 2. The summed E-state index contributed by atoms with van der Waals surface area (Å²) in [5.41, 5.74) is 7.48. The van der Waals surface area contributed by atoms with Crippen molar-refractivity contribution in [2.45, 2.75) is 51.5 Å². The maximum absolute atomic E-state index is 12.0. The number of benzene rings is 1. The highest BCUT2D eigenvalue weighted by atomic mass is 127. The summed E-state index contributed by atoms with van der Waals surface area (Å²) in [4.78, 5) is 16.2. The summed E-state index contributed by atoms with van der Waals surface area (Å²) in [5.74, 6) is 0.341. The average Bonchev–Trinajstić information content (AvgIpc) is 2.53. The number of nitrogens with one attached hydrogen (secondary N) is 2. The summed E-state index contributed by atoms with van der Waals surface area (Å²) in [5, 5.41) is 6.73. The number of aliphatic imine (C=N–C) groups is 1. The van der Waals surface area contributed by atoms with Crippen molar-refractivity contribution in [3.05, 3.63) is 28.8 Å². The molecule has 0 heterocycles. The van der Waals surface area contributed by atoms with Gasteiger partial charge in [0.25, 0.3) is 0 Å². The summed E-state index contributed by atoms with van der Waals surface area (Å²) < 4.78 is 0. The fraction of sp³-hybridized carbons (Fsp3) is 0.529. The van der Waals surface area contributed by atoms with E-state index in [2.05, 4.69) is 15.6 Å². The zero-order valence-corrected chi connectivity index (χ0v) is 17.1. The van der Waals surface area contributed by atoms with Crippen molar-refractivity contribution < 1.29 is 4.79 Å². The highest BCUT2D eigenvalue weighted by Gasteiger charge is 2.13. The molecule has 1 aromatic carbocycles. The Kier molecular flexibility index (Phi) is 9.43. The van der Waals surface area contributed by atoms with Crippen LogP contribution in [0.4, 0.5) is 5.69 Å². The van der Waals surface area contributed by atoms with E-state index in [1.165, 1.54) is 19.3 Å². The minimum atomic E-state index is -0.0930. The van der Waals surface area contributed by atoms with Gasteiger partial charge in [-0.2, -0.15) is 0 Å². The molecule has 1 aromatic rings. The third-order valence-corrected chi connectivity index (χ3v) is 4.53. The van der Waals surface area contributed by atoms with Gasteiger partial charge in [-0.1, -0.05) is 36.9 Å². The highest BCUT2D eigenvalue weighted by Crippen LogP contribution is 2.23. The molecule has 0 aliphatic heterocycles. The minimum Gasteiger partial charge on any atom is -0.370 e. The normalized spacial score (nSPS) is 15.5. The number of nitrogens with zero attached hydrogens (tertiary/aromatic N) is 1.